The van der Waals surface area contributed by atoms with E-state index in [1.807, 2.05) is 112 Å². The third kappa shape index (κ3) is 6.77. The van der Waals surface area contributed by atoms with Gasteiger partial charge in [0, 0.05) is 28.7 Å². The Morgan fingerprint density at radius 3 is 2.23 bits per heavy atom. The molecule has 35 heavy (non-hydrogen) atoms. The molecule has 0 bridgehead atoms. The average Bonchev–Trinajstić information content (AvgIpc) is 2.85. The van der Waals surface area contributed by atoms with Crippen LogP contribution in [0.4, 0.5) is 17.2 Å². The largest absolute Gasteiger partial charge is 0.491 e. The van der Waals surface area contributed by atoms with E-state index in [4.69, 9.17) is 4.74 Å². The Morgan fingerprint density at radius 1 is 0.886 bits per heavy atom. The molecule has 0 saturated carbocycles. The lowest BCUT2D eigenvalue weighted by Crippen LogP contribution is -2.13. The number of aryl methyl sites for hydroxylation is 1. The minimum absolute atomic E-state index is 0.105. The van der Waals surface area contributed by atoms with Crippen molar-refractivity contribution in [3.63, 3.8) is 0 Å². The number of anilines is 3. The van der Waals surface area contributed by atoms with Gasteiger partial charge in [-0.15, -0.1) is 0 Å². The molecule has 0 radical (unpaired) electrons. The summed E-state index contributed by atoms with van der Waals surface area (Å²) in [6.45, 7) is 5.90. The van der Waals surface area contributed by atoms with Gasteiger partial charge in [-0.3, -0.25) is 4.79 Å². The van der Waals surface area contributed by atoms with Gasteiger partial charge in [-0.05, 0) is 74.4 Å². The lowest BCUT2D eigenvalue weighted by atomic mass is 10.0. The summed E-state index contributed by atoms with van der Waals surface area (Å²) in [4.78, 5) is 21.6. The molecule has 0 fully saturated rings. The zero-order valence-electron chi connectivity index (χ0n) is 20.0. The zero-order valence-corrected chi connectivity index (χ0v) is 20.0. The molecule has 1 heterocycles. The van der Waals surface area contributed by atoms with Gasteiger partial charge in [0.1, 0.15) is 17.9 Å². The highest BCUT2D eigenvalue weighted by Crippen LogP contribution is 2.24. The lowest BCUT2D eigenvalue weighted by Gasteiger charge is -2.12. The quantitative estimate of drug-likeness (QED) is 0.230. The highest BCUT2D eigenvalue weighted by Gasteiger charge is 2.13. The van der Waals surface area contributed by atoms with Crippen LogP contribution in [0.5, 0.6) is 5.75 Å². The number of benzene rings is 3. The topological polar surface area (TPSA) is 76.1 Å². The van der Waals surface area contributed by atoms with Crippen LogP contribution in [0.2, 0.25) is 0 Å². The van der Waals surface area contributed by atoms with Crippen LogP contribution in [-0.2, 0) is 4.79 Å². The molecular weight excluding hydrogens is 436 g/mol. The molecule has 0 aliphatic heterocycles. The van der Waals surface area contributed by atoms with Crippen LogP contribution >= 0.6 is 0 Å². The van der Waals surface area contributed by atoms with Crippen molar-refractivity contribution in [2.75, 3.05) is 10.6 Å². The SMILES string of the molecule is Cc1cc(Nc2ccc(NC(=O)/C(=C/c3ccc(OC(C)C)cc3)c3ccccc3)cc2)ncn1. The van der Waals surface area contributed by atoms with Gasteiger partial charge in [0.15, 0.2) is 0 Å². The van der Waals surface area contributed by atoms with Gasteiger partial charge >= 0.3 is 0 Å². The van der Waals surface area contributed by atoms with Crippen molar-refractivity contribution in [1.82, 2.24) is 9.97 Å². The maximum atomic E-state index is 13.3. The molecule has 0 spiro atoms. The van der Waals surface area contributed by atoms with E-state index < -0.39 is 0 Å². The Kier molecular flexibility index (Phi) is 7.53. The maximum absolute atomic E-state index is 13.3. The number of carbonyl (C=O) groups is 1. The number of carbonyl (C=O) groups excluding carboxylic acids is 1. The van der Waals surface area contributed by atoms with Crippen molar-refractivity contribution in [1.29, 1.82) is 0 Å². The van der Waals surface area contributed by atoms with E-state index in [2.05, 4.69) is 20.6 Å². The van der Waals surface area contributed by atoms with E-state index in [-0.39, 0.29) is 12.0 Å². The predicted octanol–water partition coefficient (Wildman–Crippen LogP) is 6.50. The monoisotopic (exact) mass is 464 g/mol. The van der Waals surface area contributed by atoms with Crippen molar-refractivity contribution >= 4 is 34.7 Å². The first-order chi connectivity index (χ1) is 17.0. The molecule has 1 amide bonds. The molecule has 1 aromatic heterocycles. The van der Waals surface area contributed by atoms with E-state index >= 15 is 0 Å². The maximum Gasteiger partial charge on any atom is 0.256 e. The second-order valence-corrected chi connectivity index (χ2v) is 8.36. The minimum Gasteiger partial charge on any atom is -0.491 e. The van der Waals surface area contributed by atoms with Gasteiger partial charge in [0.25, 0.3) is 5.91 Å². The second-order valence-electron chi connectivity index (χ2n) is 8.36. The van der Waals surface area contributed by atoms with Gasteiger partial charge in [-0.1, -0.05) is 42.5 Å². The second kappa shape index (κ2) is 11.1. The van der Waals surface area contributed by atoms with Gasteiger partial charge in [-0.2, -0.15) is 0 Å². The first-order valence-electron chi connectivity index (χ1n) is 11.5. The van der Waals surface area contributed by atoms with Crippen LogP contribution in [0.15, 0.2) is 91.3 Å². The summed E-state index contributed by atoms with van der Waals surface area (Å²) >= 11 is 0. The predicted molar refractivity (Wildman–Crippen MR) is 142 cm³/mol. The molecule has 0 aliphatic rings. The smallest absolute Gasteiger partial charge is 0.256 e. The number of amides is 1. The summed E-state index contributed by atoms with van der Waals surface area (Å²) in [6, 6.07) is 26.7. The van der Waals surface area contributed by atoms with Crippen LogP contribution in [0.25, 0.3) is 11.6 Å². The summed E-state index contributed by atoms with van der Waals surface area (Å²) in [5.74, 6) is 1.33. The molecular formula is C29H28N4O2. The van der Waals surface area contributed by atoms with Crippen molar-refractivity contribution in [2.45, 2.75) is 26.9 Å². The average molecular weight is 465 g/mol. The van der Waals surface area contributed by atoms with E-state index in [1.54, 1.807) is 0 Å². The number of aromatic nitrogens is 2. The summed E-state index contributed by atoms with van der Waals surface area (Å²) in [7, 11) is 0. The van der Waals surface area contributed by atoms with Crippen molar-refractivity contribution in [2.24, 2.45) is 0 Å². The Bertz CT molecular complexity index is 1300. The summed E-state index contributed by atoms with van der Waals surface area (Å²) in [5.41, 5.74) is 4.76. The molecule has 0 unspecified atom stereocenters. The van der Waals surface area contributed by atoms with Crippen LogP contribution in [0, 0.1) is 6.92 Å². The summed E-state index contributed by atoms with van der Waals surface area (Å²) in [6.07, 6.45) is 3.51. The van der Waals surface area contributed by atoms with E-state index in [0.29, 0.717) is 17.1 Å². The molecule has 3 aromatic carbocycles. The molecule has 4 aromatic rings. The van der Waals surface area contributed by atoms with Gasteiger partial charge < -0.3 is 15.4 Å². The summed E-state index contributed by atoms with van der Waals surface area (Å²) in [5, 5.41) is 6.25. The first kappa shape index (κ1) is 23.7. The zero-order chi connectivity index (χ0) is 24.6. The number of hydrogen-bond acceptors (Lipinski definition) is 5. The third-order valence-electron chi connectivity index (χ3n) is 5.11. The van der Waals surface area contributed by atoms with Crippen molar-refractivity contribution in [3.8, 4) is 5.75 Å². The van der Waals surface area contributed by atoms with E-state index in [1.165, 1.54) is 6.33 Å². The molecule has 0 atom stereocenters. The Labute approximate surface area is 205 Å². The highest BCUT2D eigenvalue weighted by molar-refractivity contribution is 6.29. The minimum atomic E-state index is -0.189. The number of nitrogens with zero attached hydrogens (tertiary/aromatic N) is 2. The fraction of sp³-hybridized carbons (Fsp3) is 0.138. The molecule has 0 aliphatic carbocycles. The fourth-order valence-corrected chi connectivity index (χ4v) is 3.49. The standard InChI is InChI=1S/C29H28N4O2/c1-20(2)35-26-15-9-22(10-16-26)18-27(23-7-5-4-6-8-23)29(34)33-25-13-11-24(12-14-25)32-28-17-21(3)30-19-31-28/h4-20H,1-3H3,(H,33,34)(H,30,31,32)/b27-18+. The fourth-order valence-electron chi connectivity index (χ4n) is 3.49. The number of rotatable bonds is 8. The van der Waals surface area contributed by atoms with Crippen molar-refractivity contribution < 1.29 is 9.53 Å². The number of ether oxygens (including phenoxy) is 1. The normalized spacial score (nSPS) is 11.3. The Hall–Kier alpha value is -4.45. The van der Waals surface area contributed by atoms with Crippen LogP contribution in [0.1, 0.15) is 30.7 Å². The van der Waals surface area contributed by atoms with E-state index in [9.17, 15) is 4.79 Å². The summed E-state index contributed by atoms with van der Waals surface area (Å²) < 4.78 is 5.73. The molecule has 6 nitrogen and oxygen atoms in total. The van der Waals surface area contributed by atoms with Gasteiger partial charge in [0.05, 0.1) is 6.10 Å². The van der Waals surface area contributed by atoms with Crippen LogP contribution < -0.4 is 15.4 Å². The van der Waals surface area contributed by atoms with E-state index in [0.717, 1.165) is 28.3 Å². The lowest BCUT2D eigenvalue weighted by molar-refractivity contribution is -0.111. The van der Waals surface area contributed by atoms with Crippen LogP contribution in [0.3, 0.4) is 0 Å². The van der Waals surface area contributed by atoms with Crippen LogP contribution in [-0.4, -0.2) is 22.0 Å². The molecule has 6 heteroatoms. The third-order valence-corrected chi connectivity index (χ3v) is 5.11. The first-order valence-corrected chi connectivity index (χ1v) is 11.5. The molecule has 2 N–H and O–H groups in total. The van der Waals surface area contributed by atoms with Crippen molar-refractivity contribution in [3.05, 3.63) is 108 Å². The molecule has 4 rings (SSSR count). The highest BCUT2D eigenvalue weighted by atomic mass is 16.5. The van der Waals surface area contributed by atoms with Gasteiger partial charge in [-0.25, -0.2) is 9.97 Å². The number of hydrogen-bond donors (Lipinski definition) is 2. The van der Waals surface area contributed by atoms with Gasteiger partial charge in [0.2, 0.25) is 0 Å². The molecule has 0 saturated heterocycles. The number of nitrogens with one attached hydrogen (secondary N) is 2. The Balaban J connectivity index is 1.52. The Morgan fingerprint density at radius 2 is 1.57 bits per heavy atom. The molecule has 176 valence electrons.